The van der Waals surface area contributed by atoms with Gasteiger partial charge in [-0.15, -0.1) is 0 Å². The van der Waals surface area contributed by atoms with Crippen LogP contribution in [0.1, 0.15) is 21.5 Å². The van der Waals surface area contributed by atoms with E-state index in [2.05, 4.69) is 20.9 Å². The van der Waals surface area contributed by atoms with Crippen molar-refractivity contribution in [1.29, 1.82) is 0 Å². The van der Waals surface area contributed by atoms with E-state index in [1.165, 1.54) is 0 Å². The van der Waals surface area contributed by atoms with Gasteiger partial charge in [0.05, 0.1) is 11.4 Å². The minimum atomic E-state index is -0.760. The number of nitrogens with one attached hydrogen (secondary N) is 3. The number of benzene rings is 3. The maximum atomic E-state index is 13.5. The Balaban J connectivity index is 1.59. The van der Waals surface area contributed by atoms with Gasteiger partial charge in [-0.1, -0.05) is 60.1 Å². The van der Waals surface area contributed by atoms with Crippen molar-refractivity contribution in [2.24, 2.45) is 0 Å². The third kappa shape index (κ3) is 5.95. The Kier molecular flexibility index (Phi) is 7.83. The number of aryl methyl sites for hydroxylation is 1. The van der Waals surface area contributed by atoms with Crippen molar-refractivity contribution < 1.29 is 9.59 Å². The fourth-order valence-corrected chi connectivity index (χ4v) is 4.30. The Bertz CT molecular complexity index is 1150. The molecule has 1 atom stereocenters. The summed E-state index contributed by atoms with van der Waals surface area (Å²) in [7, 11) is 0. The summed E-state index contributed by atoms with van der Waals surface area (Å²) in [5, 5.41) is 9.87. The zero-order valence-electron chi connectivity index (χ0n) is 19.2. The van der Waals surface area contributed by atoms with Gasteiger partial charge in [-0.2, -0.15) is 0 Å². The Labute approximate surface area is 205 Å². The second-order valence-electron chi connectivity index (χ2n) is 8.42. The molecule has 1 saturated heterocycles. The molecule has 1 heterocycles. The van der Waals surface area contributed by atoms with E-state index >= 15 is 0 Å². The van der Waals surface area contributed by atoms with E-state index in [0.29, 0.717) is 22.7 Å². The molecule has 3 aromatic carbocycles. The molecule has 0 saturated carbocycles. The minimum absolute atomic E-state index is 0.275. The SMILES string of the molecule is Cc1ccccc1C(=O)NC(Cc1ccccc1)C(=O)Nc1cc(Cl)ccc1N1CCNCC1. The van der Waals surface area contributed by atoms with Crippen molar-refractivity contribution in [2.75, 3.05) is 36.4 Å². The highest BCUT2D eigenvalue weighted by molar-refractivity contribution is 6.31. The Morgan fingerprint density at radius 1 is 1.00 bits per heavy atom. The monoisotopic (exact) mass is 476 g/mol. The number of anilines is 2. The van der Waals surface area contributed by atoms with Crippen molar-refractivity contribution in [3.8, 4) is 0 Å². The van der Waals surface area contributed by atoms with Gasteiger partial charge in [0.2, 0.25) is 5.91 Å². The molecule has 0 spiro atoms. The molecule has 0 radical (unpaired) electrons. The lowest BCUT2D eigenvalue weighted by molar-refractivity contribution is -0.118. The molecule has 1 fully saturated rings. The number of carbonyl (C=O) groups excluding carboxylic acids is 2. The number of piperazine rings is 1. The molecule has 1 aliphatic heterocycles. The van der Waals surface area contributed by atoms with Crippen molar-refractivity contribution in [2.45, 2.75) is 19.4 Å². The van der Waals surface area contributed by atoms with Crippen LogP contribution < -0.4 is 20.9 Å². The lowest BCUT2D eigenvalue weighted by Crippen LogP contribution is -2.46. The Morgan fingerprint density at radius 2 is 1.71 bits per heavy atom. The van der Waals surface area contributed by atoms with Gasteiger partial charge in [-0.25, -0.2) is 0 Å². The zero-order valence-corrected chi connectivity index (χ0v) is 19.9. The number of amides is 2. The summed E-state index contributed by atoms with van der Waals surface area (Å²) in [5.41, 5.74) is 3.93. The van der Waals surface area contributed by atoms with E-state index in [1.807, 2.05) is 67.6 Å². The molecule has 1 unspecified atom stereocenters. The van der Waals surface area contributed by atoms with Gasteiger partial charge >= 0.3 is 0 Å². The molecule has 176 valence electrons. The highest BCUT2D eigenvalue weighted by Gasteiger charge is 2.24. The summed E-state index contributed by atoms with van der Waals surface area (Å²) >= 11 is 6.28. The lowest BCUT2D eigenvalue weighted by Gasteiger charge is -2.31. The molecule has 6 nitrogen and oxygen atoms in total. The summed E-state index contributed by atoms with van der Waals surface area (Å²) < 4.78 is 0. The number of hydrogen-bond acceptors (Lipinski definition) is 4. The maximum absolute atomic E-state index is 13.5. The number of rotatable bonds is 7. The van der Waals surface area contributed by atoms with Gasteiger partial charge in [0.1, 0.15) is 6.04 Å². The fourth-order valence-electron chi connectivity index (χ4n) is 4.13. The molecular weight excluding hydrogens is 448 g/mol. The average molecular weight is 477 g/mol. The maximum Gasteiger partial charge on any atom is 0.252 e. The number of nitrogens with zero attached hydrogens (tertiary/aromatic N) is 1. The predicted octanol–water partition coefficient (Wildman–Crippen LogP) is 4.04. The summed E-state index contributed by atoms with van der Waals surface area (Å²) in [6.45, 7) is 5.30. The van der Waals surface area contributed by atoms with Crippen LogP contribution in [0, 0.1) is 6.92 Å². The fraction of sp³-hybridized carbons (Fsp3) is 0.259. The van der Waals surface area contributed by atoms with Crippen LogP contribution in [0.3, 0.4) is 0 Å². The lowest BCUT2D eigenvalue weighted by atomic mass is 10.0. The van der Waals surface area contributed by atoms with Gasteiger partial charge in [-0.3, -0.25) is 9.59 Å². The van der Waals surface area contributed by atoms with E-state index in [-0.39, 0.29) is 11.8 Å². The Hall–Kier alpha value is -3.35. The van der Waals surface area contributed by atoms with Gasteiger partial charge in [0.25, 0.3) is 5.91 Å². The number of halogens is 1. The molecule has 4 rings (SSSR count). The third-order valence-electron chi connectivity index (χ3n) is 5.97. The molecule has 0 bridgehead atoms. The summed E-state index contributed by atoms with van der Waals surface area (Å²) in [6.07, 6.45) is 0.369. The van der Waals surface area contributed by atoms with Crippen LogP contribution in [0.25, 0.3) is 0 Å². The summed E-state index contributed by atoms with van der Waals surface area (Å²) in [4.78, 5) is 28.8. The predicted molar refractivity (Wildman–Crippen MR) is 138 cm³/mol. The van der Waals surface area contributed by atoms with Crippen molar-refractivity contribution >= 4 is 34.8 Å². The van der Waals surface area contributed by atoms with Gasteiger partial charge < -0.3 is 20.9 Å². The summed E-state index contributed by atoms with van der Waals surface area (Å²) in [6, 6.07) is 21.8. The zero-order chi connectivity index (χ0) is 23.9. The molecule has 0 aliphatic carbocycles. The first-order valence-electron chi connectivity index (χ1n) is 11.5. The normalized spacial score (nSPS) is 14.4. The molecule has 7 heteroatoms. The first-order valence-corrected chi connectivity index (χ1v) is 11.9. The highest BCUT2D eigenvalue weighted by Crippen LogP contribution is 2.30. The van der Waals surface area contributed by atoms with E-state index in [9.17, 15) is 9.59 Å². The first-order chi connectivity index (χ1) is 16.5. The highest BCUT2D eigenvalue weighted by atomic mass is 35.5. The van der Waals surface area contributed by atoms with Crippen molar-refractivity contribution in [1.82, 2.24) is 10.6 Å². The molecular formula is C27H29ClN4O2. The van der Waals surface area contributed by atoms with Crippen LogP contribution in [0.2, 0.25) is 5.02 Å². The molecule has 2 amide bonds. The molecule has 3 aromatic rings. The van der Waals surface area contributed by atoms with Crippen LogP contribution in [-0.2, 0) is 11.2 Å². The third-order valence-corrected chi connectivity index (χ3v) is 6.20. The van der Waals surface area contributed by atoms with Crippen molar-refractivity contribution in [3.63, 3.8) is 0 Å². The van der Waals surface area contributed by atoms with Crippen LogP contribution >= 0.6 is 11.6 Å². The van der Waals surface area contributed by atoms with Crippen LogP contribution in [-0.4, -0.2) is 44.0 Å². The molecule has 0 aromatic heterocycles. The molecule has 3 N–H and O–H groups in total. The standard InChI is InChI=1S/C27H29ClN4O2/c1-19-7-5-6-10-22(19)26(33)31-24(17-20-8-3-2-4-9-20)27(34)30-23-18-21(28)11-12-25(23)32-15-13-29-14-16-32/h2-12,18,24,29H,13-17H2,1H3,(H,30,34)(H,31,33). The van der Waals surface area contributed by atoms with Gasteiger partial charge in [0, 0.05) is 43.2 Å². The van der Waals surface area contributed by atoms with Crippen LogP contribution in [0.5, 0.6) is 0 Å². The molecule has 1 aliphatic rings. The number of hydrogen-bond donors (Lipinski definition) is 3. The van der Waals surface area contributed by atoms with Gasteiger partial charge in [0.15, 0.2) is 0 Å². The van der Waals surface area contributed by atoms with E-state index in [0.717, 1.165) is 43.0 Å². The summed E-state index contributed by atoms with van der Waals surface area (Å²) in [5.74, 6) is -0.563. The smallest absolute Gasteiger partial charge is 0.252 e. The van der Waals surface area contributed by atoms with E-state index in [4.69, 9.17) is 11.6 Å². The second-order valence-corrected chi connectivity index (χ2v) is 8.85. The van der Waals surface area contributed by atoms with Gasteiger partial charge in [-0.05, 0) is 42.3 Å². The largest absolute Gasteiger partial charge is 0.367 e. The quantitative estimate of drug-likeness (QED) is 0.481. The number of carbonyl (C=O) groups is 2. The topological polar surface area (TPSA) is 73.5 Å². The van der Waals surface area contributed by atoms with Crippen LogP contribution in [0.4, 0.5) is 11.4 Å². The molecule has 34 heavy (non-hydrogen) atoms. The second kappa shape index (κ2) is 11.2. The van der Waals surface area contributed by atoms with Crippen LogP contribution in [0.15, 0.2) is 72.8 Å². The Morgan fingerprint density at radius 3 is 2.44 bits per heavy atom. The first kappa shape index (κ1) is 23.8. The van der Waals surface area contributed by atoms with E-state index < -0.39 is 6.04 Å². The minimum Gasteiger partial charge on any atom is -0.367 e. The van der Waals surface area contributed by atoms with E-state index in [1.54, 1.807) is 12.1 Å². The van der Waals surface area contributed by atoms with Crippen molar-refractivity contribution in [3.05, 3.63) is 94.5 Å². The average Bonchev–Trinajstić information content (AvgIpc) is 2.85.